The first-order chi connectivity index (χ1) is 3.66. The van der Waals surface area contributed by atoms with Gasteiger partial charge in [-0.15, -0.1) is 0 Å². The number of rotatable bonds is 0. The van der Waals surface area contributed by atoms with Crippen molar-refractivity contribution >= 4 is 22.6 Å². The highest BCUT2D eigenvalue weighted by atomic mass is 28.2. The van der Waals surface area contributed by atoms with Crippen LogP contribution in [0.5, 0.6) is 0 Å². The summed E-state index contributed by atoms with van der Waals surface area (Å²) in [5, 5.41) is 1.70. The fourth-order valence-electron chi connectivity index (χ4n) is 0.152. The second kappa shape index (κ2) is 3.02. The molecule has 0 heterocycles. The van der Waals surface area contributed by atoms with Crippen molar-refractivity contribution in [3.63, 3.8) is 0 Å². The lowest BCUT2D eigenvalue weighted by Crippen LogP contribution is -2.34. The fourth-order valence-corrected chi connectivity index (χ4v) is 0.254. The zero-order valence-electron chi connectivity index (χ0n) is 4.30. The summed E-state index contributed by atoms with van der Waals surface area (Å²) in [4.78, 5) is 19.8. The van der Waals surface area contributed by atoms with Crippen molar-refractivity contribution in [3.8, 4) is 0 Å². The van der Waals surface area contributed by atoms with Crippen LogP contribution in [0.2, 0.25) is 0 Å². The Kier molecular flexibility index (Phi) is 2.63. The summed E-state index contributed by atoms with van der Waals surface area (Å²) in [7, 11) is 0.258. The van der Waals surface area contributed by atoms with Crippen molar-refractivity contribution in [1.29, 1.82) is 0 Å². The monoisotopic (exact) mass is 134 g/mol. The number of nitrogens with one attached hydrogen (secondary N) is 1. The third kappa shape index (κ3) is 3.16. The van der Waals surface area contributed by atoms with Crippen molar-refractivity contribution < 1.29 is 14.0 Å². The van der Waals surface area contributed by atoms with Gasteiger partial charge in [-0.1, -0.05) is 0 Å². The molecule has 0 atom stereocenters. The Morgan fingerprint density at radius 3 is 2.25 bits per heavy atom. The first kappa shape index (κ1) is 6.96. The van der Waals surface area contributed by atoms with Crippen LogP contribution in [0, 0.1) is 0 Å². The largest absolute Gasteiger partial charge is 0.513 e. The molecule has 0 radical (unpaired) electrons. The van der Waals surface area contributed by atoms with Gasteiger partial charge in [-0.05, 0) is 0 Å². The topological polar surface area (TPSA) is 81.4 Å². The standard InChI is InChI=1S/C2H6N2O3Si/c3-1(5)4-2(6)7-8/h8H3,(H3,3,4,5,6). The number of urea groups is 1. The van der Waals surface area contributed by atoms with Crippen molar-refractivity contribution in [1.82, 2.24) is 5.32 Å². The molecule has 3 N–H and O–H groups in total. The number of primary amides is 1. The minimum Gasteiger partial charge on any atom is -0.513 e. The van der Waals surface area contributed by atoms with Crippen LogP contribution in [-0.4, -0.2) is 22.6 Å². The van der Waals surface area contributed by atoms with Crippen molar-refractivity contribution in [2.45, 2.75) is 0 Å². The van der Waals surface area contributed by atoms with E-state index in [0.29, 0.717) is 0 Å². The van der Waals surface area contributed by atoms with E-state index in [4.69, 9.17) is 0 Å². The maximum absolute atomic E-state index is 10.0. The summed E-state index contributed by atoms with van der Waals surface area (Å²) in [6, 6.07) is -0.897. The molecule has 0 rings (SSSR count). The highest BCUT2D eigenvalue weighted by Gasteiger charge is 1.98. The van der Waals surface area contributed by atoms with Crippen molar-refractivity contribution in [2.75, 3.05) is 0 Å². The molecule has 5 nitrogen and oxygen atoms in total. The van der Waals surface area contributed by atoms with Crippen LogP contribution >= 0.6 is 0 Å². The van der Waals surface area contributed by atoms with Gasteiger partial charge in [0.25, 0.3) is 0 Å². The Balaban J connectivity index is 3.40. The van der Waals surface area contributed by atoms with E-state index in [1.807, 2.05) is 0 Å². The first-order valence-electron chi connectivity index (χ1n) is 1.81. The maximum atomic E-state index is 10.0. The third-order valence-corrected chi connectivity index (χ3v) is 0.781. The number of nitrogens with two attached hydrogens (primary N) is 1. The Bertz CT molecular complexity index is 114. The van der Waals surface area contributed by atoms with Gasteiger partial charge in [0.15, 0.2) is 0 Å². The molecular formula is C2H6N2O3Si. The molecular weight excluding hydrogens is 128 g/mol. The quantitative estimate of drug-likeness (QED) is 0.379. The van der Waals surface area contributed by atoms with Crippen LogP contribution in [0.1, 0.15) is 0 Å². The Morgan fingerprint density at radius 2 is 2.12 bits per heavy atom. The number of carbonyl (C=O) groups is 2. The minimum absolute atomic E-state index is 0.258. The molecule has 0 aromatic carbocycles. The molecule has 0 unspecified atom stereocenters. The molecule has 3 amide bonds. The molecule has 0 bridgehead atoms. The van der Waals surface area contributed by atoms with Crippen LogP contribution in [0.4, 0.5) is 9.59 Å². The molecule has 0 aromatic rings. The van der Waals surface area contributed by atoms with Gasteiger partial charge in [0, 0.05) is 0 Å². The number of hydrogen-bond acceptors (Lipinski definition) is 3. The molecule has 0 saturated carbocycles. The normalized spacial score (nSPS) is 8.00. The summed E-state index contributed by atoms with van der Waals surface area (Å²) < 4.78 is 4.15. The lowest BCUT2D eigenvalue weighted by molar-refractivity contribution is 0.202. The summed E-state index contributed by atoms with van der Waals surface area (Å²) in [6.07, 6.45) is -0.788. The van der Waals surface area contributed by atoms with E-state index in [1.165, 1.54) is 0 Å². The van der Waals surface area contributed by atoms with E-state index >= 15 is 0 Å². The smallest absolute Gasteiger partial charge is 0.401 e. The minimum atomic E-state index is -0.897. The number of amides is 3. The number of carbonyl (C=O) groups excluding carboxylic acids is 2. The molecule has 0 aliphatic heterocycles. The summed E-state index contributed by atoms with van der Waals surface area (Å²) in [5.74, 6) is 0. The zero-order valence-corrected chi connectivity index (χ0v) is 6.30. The van der Waals surface area contributed by atoms with Gasteiger partial charge in [0.1, 0.15) is 0 Å². The molecule has 6 heteroatoms. The van der Waals surface area contributed by atoms with Crippen LogP contribution in [0.3, 0.4) is 0 Å². The average molecular weight is 134 g/mol. The van der Waals surface area contributed by atoms with Gasteiger partial charge >= 0.3 is 12.1 Å². The van der Waals surface area contributed by atoms with E-state index in [2.05, 4.69) is 10.2 Å². The highest BCUT2D eigenvalue weighted by molar-refractivity contribution is 6.07. The Hall–Kier alpha value is -1.04. The van der Waals surface area contributed by atoms with E-state index in [9.17, 15) is 9.59 Å². The third-order valence-electron chi connectivity index (χ3n) is 0.411. The van der Waals surface area contributed by atoms with E-state index in [-0.39, 0.29) is 10.5 Å². The van der Waals surface area contributed by atoms with Gasteiger partial charge < -0.3 is 10.2 Å². The fraction of sp³-hybridized carbons (Fsp3) is 0. The van der Waals surface area contributed by atoms with E-state index < -0.39 is 12.1 Å². The second-order valence-electron chi connectivity index (χ2n) is 0.981. The average Bonchev–Trinajstić information content (AvgIpc) is 1.65. The van der Waals surface area contributed by atoms with E-state index in [1.54, 1.807) is 5.32 Å². The van der Waals surface area contributed by atoms with Crippen LogP contribution in [0.25, 0.3) is 0 Å². The molecule has 0 spiro atoms. The van der Waals surface area contributed by atoms with Gasteiger partial charge in [-0.25, -0.2) is 14.9 Å². The Morgan fingerprint density at radius 1 is 1.62 bits per heavy atom. The first-order valence-corrected chi connectivity index (χ1v) is 2.63. The highest BCUT2D eigenvalue weighted by Crippen LogP contribution is 1.65. The maximum Gasteiger partial charge on any atom is 0.401 e. The SMILES string of the molecule is NC(=O)NC(=O)O[SiH3]. The zero-order chi connectivity index (χ0) is 6.57. The van der Waals surface area contributed by atoms with Gasteiger partial charge in [0.05, 0.1) is 0 Å². The van der Waals surface area contributed by atoms with Gasteiger partial charge in [-0.2, -0.15) is 0 Å². The van der Waals surface area contributed by atoms with Crippen molar-refractivity contribution in [3.05, 3.63) is 0 Å². The predicted molar refractivity (Wildman–Crippen MR) is 29.1 cm³/mol. The Labute approximate surface area is 48.7 Å². The number of imide groups is 1. The molecule has 0 saturated heterocycles. The van der Waals surface area contributed by atoms with E-state index in [0.717, 1.165) is 0 Å². The summed E-state index contributed by atoms with van der Waals surface area (Å²) in [5.41, 5.74) is 4.53. The van der Waals surface area contributed by atoms with Crippen LogP contribution in [-0.2, 0) is 4.43 Å². The van der Waals surface area contributed by atoms with Gasteiger partial charge in [-0.3, -0.25) is 0 Å². The molecule has 0 aliphatic rings. The lowest BCUT2D eigenvalue weighted by Gasteiger charge is -1.95. The summed E-state index contributed by atoms with van der Waals surface area (Å²) >= 11 is 0. The van der Waals surface area contributed by atoms with Crippen LogP contribution < -0.4 is 11.1 Å². The molecule has 46 valence electrons. The molecule has 0 aromatic heterocycles. The number of hydrogen-bond donors (Lipinski definition) is 2. The summed E-state index contributed by atoms with van der Waals surface area (Å²) in [6.45, 7) is 0. The molecule has 0 fully saturated rings. The lowest BCUT2D eigenvalue weighted by atomic mass is 11.0. The van der Waals surface area contributed by atoms with Crippen molar-refractivity contribution in [2.24, 2.45) is 5.73 Å². The van der Waals surface area contributed by atoms with Gasteiger partial charge in [0.2, 0.25) is 10.5 Å². The second-order valence-corrected chi connectivity index (χ2v) is 1.39. The van der Waals surface area contributed by atoms with Crippen LogP contribution in [0.15, 0.2) is 0 Å². The predicted octanol–water partition coefficient (Wildman–Crippen LogP) is -1.93. The molecule has 8 heavy (non-hydrogen) atoms. The molecule has 0 aliphatic carbocycles.